The lowest BCUT2D eigenvalue weighted by atomic mass is 9.46. The molecule has 1 heterocycles. The Morgan fingerprint density at radius 2 is 2.05 bits per heavy atom. The first-order valence-electron chi connectivity index (χ1n) is 9.06. The van der Waals surface area contributed by atoms with E-state index in [0.717, 1.165) is 23.7 Å². The van der Waals surface area contributed by atoms with Crippen LogP contribution in [-0.4, -0.2) is 11.2 Å². The van der Waals surface area contributed by atoms with Crippen molar-refractivity contribution < 1.29 is 9.84 Å². The van der Waals surface area contributed by atoms with Crippen molar-refractivity contribution in [3.63, 3.8) is 0 Å². The zero-order valence-electron chi connectivity index (χ0n) is 14.1. The van der Waals surface area contributed by atoms with Crippen molar-refractivity contribution in [1.82, 2.24) is 0 Å². The number of fused-ring (bicyclic) bond motifs is 2. The van der Waals surface area contributed by atoms with Crippen molar-refractivity contribution in [2.75, 3.05) is 0 Å². The van der Waals surface area contributed by atoms with Crippen LogP contribution in [0.5, 0.6) is 11.5 Å². The molecule has 0 amide bonds. The Bertz CT molecular complexity index is 590. The van der Waals surface area contributed by atoms with Crippen LogP contribution >= 0.6 is 0 Å². The molecule has 1 aromatic carbocycles. The number of ether oxygens (including phenoxy) is 1. The fourth-order valence-electron chi connectivity index (χ4n) is 5.58. The van der Waals surface area contributed by atoms with Gasteiger partial charge in [-0.25, -0.2) is 0 Å². The molecule has 1 aromatic rings. The topological polar surface area (TPSA) is 29.5 Å². The van der Waals surface area contributed by atoms with Gasteiger partial charge >= 0.3 is 0 Å². The zero-order valence-corrected chi connectivity index (χ0v) is 14.1. The molecule has 0 spiro atoms. The van der Waals surface area contributed by atoms with Crippen molar-refractivity contribution in [1.29, 1.82) is 0 Å². The third-order valence-corrected chi connectivity index (χ3v) is 6.64. The predicted molar refractivity (Wildman–Crippen MR) is 88.5 cm³/mol. The van der Waals surface area contributed by atoms with E-state index in [4.69, 9.17) is 4.74 Å². The summed E-state index contributed by atoms with van der Waals surface area (Å²) in [5.41, 5.74) is 2.64. The number of hydrogen-bond acceptors (Lipinski definition) is 2. The molecule has 2 aliphatic carbocycles. The summed E-state index contributed by atoms with van der Waals surface area (Å²) < 4.78 is 6.32. The maximum absolute atomic E-state index is 10.7. The number of phenols is 1. The van der Waals surface area contributed by atoms with Crippen molar-refractivity contribution in [3.05, 3.63) is 23.3 Å². The van der Waals surface area contributed by atoms with E-state index in [1.165, 1.54) is 37.7 Å². The number of hydrogen-bond donors (Lipinski definition) is 1. The summed E-state index contributed by atoms with van der Waals surface area (Å²) in [5.74, 6) is 3.36. The van der Waals surface area contributed by atoms with Gasteiger partial charge < -0.3 is 9.84 Å². The molecule has 4 atom stereocenters. The summed E-state index contributed by atoms with van der Waals surface area (Å²) in [5, 5.41) is 10.7. The Balaban J connectivity index is 1.68. The van der Waals surface area contributed by atoms with Crippen molar-refractivity contribution >= 4 is 0 Å². The Morgan fingerprint density at radius 1 is 1.23 bits per heavy atom. The van der Waals surface area contributed by atoms with Crippen LogP contribution in [0, 0.1) is 17.3 Å². The fourth-order valence-corrected chi connectivity index (χ4v) is 5.58. The molecule has 3 aliphatic rings. The molecule has 2 fully saturated rings. The average Bonchev–Trinajstić information content (AvgIpc) is 2.88. The minimum Gasteiger partial charge on any atom is -0.508 e. The van der Waals surface area contributed by atoms with E-state index in [-0.39, 0.29) is 0 Å². The number of benzene rings is 1. The van der Waals surface area contributed by atoms with Crippen molar-refractivity contribution in [2.45, 2.75) is 71.3 Å². The second kappa shape index (κ2) is 4.91. The fraction of sp³-hybridized carbons (Fsp3) is 0.700. The van der Waals surface area contributed by atoms with Gasteiger partial charge in [0.2, 0.25) is 0 Å². The van der Waals surface area contributed by atoms with Crippen molar-refractivity contribution in [3.8, 4) is 11.5 Å². The first kappa shape index (κ1) is 14.4. The number of aryl methyl sites for hydroxylation is 1. The van der Waals surface area contributed by atoms with E-state index in [9.17, 15) is 5.11 Å². The summed E-state index contributed by atoms with van der Waals surface area (Å²) in [4.78, 5) is 0. The summed E-state index contributed by atoms with van der Waals surface area (Å²) in [6.45, 7) is 6.98. The maximum atomic E-state index is 10.7. The van der Waals surface area contributed by atoms with E-state index >= 15 is 0 Å². The third-order valence-electron chi connectivity index (χ3n) is 6.64. The van der Waals surface area contributed by atoms with E-state index in [1.54, 1.807) is 0 Å². The monoisotopic (exact) mass is 300 g/mol. The third kappa shape index (κ3) is 1.85. The van der Waals surface area contributed by atoms with Gasteiger partial charge in [-0.3, -0.25) is 0 Å². The molecular weight excluding hydrogens is 272 g/mol. The molecule has 22 heavy (non-hydrogen) atoms. The van der Waals surface area contributed by atoms with Crippen LogP contribution in [0.1, 0.15) is 69.9 Å². The molecule has 120 valence electrons. The smallest absolute Gasteiger partial charge is 0.127 e. The molecule has 0 aromatic heterocycles. The van der Waals surface area contributed by atoms with Crippen LogP contribution in [0.15, 0.2) is 12.1 Å². The number of rotatable bonds is 4. The highest BCUT2D eigenvalue weighted by molar-refractivity contribution is 5.54. The molecule has 1 N–H and O–H groups in total. The quantitative estimate of drug-likeness (QED) is 0.790. The van der Waals surface area contributed by atoms with Crippen LogP contribution in [0.4, 0.5) is 0 Å². The van der Waals surface area contributed by atoms with Gasteiger partial charge in [0.15, 0.2) is 0 Å². The lowest BCUT2D eigenvalue weighted by Crippen LogP contribution is -2.55. The van der Waals surface area contributed by atoms with Crippen LogP contribution in [0.2, 0.25) is 0 Å². The number of aromatic hydroxyl groups is 1. The van der Waals surface area contributed by atoms with Crippen LogP contribution in [0.3, 0.4) is 0 Å². The second-order valence-corrected chi connectivity index (χ2v) is 8.20. The van der Waals surface area contributed by atoms with Crippen molar-refractivity contribution in [2.24, 2.45) is 17.3 Å². The molecule has 0 saturated heterocycles. The molecule has 0 radical (unpaired) electrons. The molecule has 4 rings (SSSR count). The van der Waals surface area contributed by atoms with E-state index < -0.39 is 0 Å². The molecular formula is C20H28O2. The summed E-state index contributed by atoms with van der Waals surface area (Å²) >= 11 is 0. The first-order valence-corrected chi connectivity index (χ1v) is 9.06. The Hall–Kier alpha value is -1.18. The second-order valence-electron chi connectivity index (χ2n) is 8.20. The van der Waals surface area contributed by atoms with Crippen LogP contribution in [-0.2, 0) is 6.42 Å². The largest absolute Gasteiger partial charge is 0.508 e. The van der Waals surface area contributed by atoms with Gasteiger partial charge in [-0.2, -0.15) is 0 Å². The van der Waals surface area contributed by atoms with E-state index in [2.05, 4.69) is 26.8 Å². The van der Waals surface area contributed by atoms with Gasteiger partial charge in [0.05, 0.1) is 0 Å². The summed E-state index contributed by atoms with van der Waals surface area (Å²) in [6, 6.07) is 4.21. The Labute approximate surface area is 133 Å². The maximum Gasteiger partial charge on any atom is 0.127 e. The van der Waals surface area contributed by atoms with Crippen LogP contribution < -0.4 is 4.74 Å². The van der Waals surface area contributed by atoms with Gasteiger partial charge in [0, 0.05) is 17.4 Å². The molecule has 0 unspecified atom stereocenters. The van der Waals surface area contributed by atoms with E-state index in [0.29, 0.717) is 29.1 Å². The summed E-state index contributed by atoms with van der Waals surface area (Å²) in [7, 11) is 0. The molecule has 0 bridgehead atoms. The zero-order chi connectivity index (χ0) is 15.5. The Kier molecular flexibility index (Phi) is 3.22. The predicted octanol–water partition coefficient (Wildman–Crippen LogP) is 5.04. The van der Waals surface area contributed by atoms with E-state index in [1.807, 2.05) is 6.07 Å². The SMILES string of the molecule is CCCCCc1cc(O)c2c(c1)O[C@@H]1CC[C@H]3[C@@H]1[C@@H]2C3(C)C. The first-order chi connectivity index (χ1) is 10.5. The number of phenolic OH excluding ortho intramolecular Hbond substituents is 1. The lowest BCUT2D eigenvalue weighted by Gasteiger charge is -2.59. The Morgan fingerprint density at radius 3 is 2.82 bits per heavy atom. The minimum atomic E-state index is 0.305. The lowest BCUT2D eigenvalue weighted by molar-refractivity contribution is -0.0797. The van der Waals surface area contributed by atoms with Gasteiger partial charge in [-0.15, -0.1) is 0 Å². The minimum absolute atomic E-state index is 0.305. The number of unbranched alkanes of at least 4 members (excludes halogenated alkanes) is 2. The van der Waals surface area contributed by atoms with Gasteiger partial charge in [0.1, 0.15) is 17.6 Å². The molecule has 1 aliphatic heterocycles. The highest BCUT2D eigenvalue weighted by atomic mass is 16.5. The van der Waals surface area contributed by atoms with Gasteiger partial charge in [-0.05, 0) is 54.7 Å². The molecule has 2 saturated carbocycles. The molecule has 2 nitrogen and oxygen atoms in total. The van der Waals surface area contributed by atoms with Gasteiger partial charge in [-0.1, -0.05) is 33.6 Å². The normalized spacial score (nSPS) is 33.6. The van der Waals surface area contributed by atoms with Crippen LogP contribution in [0.25, 0.3) is 0 Å². The standard InChI is InChI=1S/C20H28O2/c1-4-5-6-7-12-10-14(21)18-16(11-12)22-15-9-8-13-17(15)19(18)20(13,2)3/h10-11,13,15,17,19,21H,4-9H2,1-3H3/t13-,15+,17-,19-/m0/s1. The highest BCUT2D eigenvalue weighted by Crippen LogP contribution is 2.71. The summed E-state index contributed by atoms with van der Waals surface area (Å²) in [6.07, 6.45) is 7.59. The van der Waals surface area contributed by atoms with Gasteiger partial charge in [0.25, 0.3) is 0 Å². The molecule has 2 heteroatoms. The average molecular weight is 300 g/mol. The highest BCUT2D eigenvalue weighted by Gasteiger charge is 2.65.